The molecule has 6 amide bonds. The van der Waals surface area contributed by atoms with Gasteiger partial charge in [0.25, 0.3) is 11.8 Å². The van der Waals surface area contributed by atoms with Gasteiger partial charge in [-0.05, 0) is 226 Å². The fourth-order valence-corrected chi connectivity index (χ4v) is 18.9. The van der Waals surface area contributed by atoms with Crippen LogP contribution in [0.4, 0.5) is 27.6 Å². The third kappa shape index (κ3) is 28.7. The number of aromatic nitrogens is 3. The number of carbonyl (C=O) groups is 11. The minimum Gasteiger partial charge on any atom is -0.497 e. The van der Waals surface area contributed by atoms with Crippen LogP contribution < -0.4 is 62.9 Å². The number of carboxylic acids is 2. The van der Waals surface area contributed by atoms with Crippen LogP contribution in [-0.4, -0.2) is 180 Å². The van der Waals surface area contributed by atoms with Gasteiger partial charge < -0.3 is 73.1 Å². The van der Waals surface area contributed by atoms with Crippen molar-refractivity contribution in [3.63, 3.8) is 0 Å². The molecule has 0 bridgehead atoms. The quantitative estimate of drug-likeness (QED) is 0.0162. The number of nitrogens with zero attached hydrogens (tertiary/aromatic N) is 4. The van der Waals surface area contributed by atoms with Gasteiger partial charge in [-0.25, -0.2) is 22.4 Å². The summed E-state index contributed by atoms with van der Waals surface area (Å²) in [5.41, 5.74) is 26.0. The van der Waals surface area contributed by atoms with E-state index in [4.69, 9.17) is 31.4 Å². The molecule has 3 saturated carbocycles. The van der Waals surface area contributed by atoms with Crippen LogP contribution >= 0.6 is 23.1 Å². The average molecular weight is 1910 g/mol. The average Bonchev–Trinajstić information content (AvgIpc) is 1.27. The fraction of sp³-hybridized carbons (Fsp3) is 0.463. The topological polar surface area (TPSA) is 462 Å². The van der Waals surface area contributed by atoms with E-state index in [1.54, 1.807) is 105 Å². The van der Waals surface area contributed by atoms with Crippen molar-refractivity contribution < 1.29 is 108 Å². The maximum atomic E-state index is 13.3. The van der Waals surface area contributed by atoms with E-state index in [1.807, 2.05) is 71.9 Å². The number of anilines is 1. The molecule has 10 unspecified atom stereocenters. The molecular weight excluding hydrogens is 1790 g/mol. The van der Waals surface area contributed by atoms with Crippen LogP contribution in [0.5, 0.6) is 17.2 Å². The van der Waals surface area contributed by atoms with Crippen LogP contribution in [0.1, 0.15) is 188 Å². The maximum absolute atomic E-state index is 13.3. The normalized spacial score (nSPS) is 17.7. The van der Waals surface area contributed by atoms with Gasteiger partial charge in [0.15, 0.2) is 33.2 Å². The van der Waals surface area contributed by atoms with Crippen molar-refractivity contribution in [1.29, 1.82) is 0 Å². The molecule has 0 saturated heterocycles. The Kier molecular flexibility index (Phi) is 38.0. The molecule has 3 aliphatic carbocycles. The number of methoxy groups -OCH3 is 2. The standard InChI is InChI=1S/C26H26N2O7S2.C23H29FN2O4.C17H25N3O2.C15H20N4O3S.C14H19F4NO2/c1-28-21-9-10-22(18-7-4-8-19(24(18)21)25(28)30)37(33,34)12-11-23(29)27-20(26(31)32)15-36-14-16-5-3-6-17(13-16)35-2;1-14-9-20(24)7-5-17(14)10-19(12-25)23(28)26-16(3)18-6-8-21(22(11-18)29-4)30-13-15(2)27;1-10-4-5-13(12(3)21)8-16(10)20-17(22)15-7-6-14(9-18)19-11(15)2;1-8-9(2)18-19(10(8)3)7-11(16)14(20)17-13(15(21)22)12-5-4-6-23-12;1-8(20)6-12(2,9-3-4-9)19-11(21)5-10-7-13(15,16)14(10,17)18/h3-10,13,20H,11-12,14-15H2,1-2H3,(H,27,29)(H,31,32);5-9,11,16,19H,10,12-13,25H2,1-4H3,(H,26,28);6-7,10,13,16H,4-5,8-9,18H2,1-3H3,(H,20,22);4-6,11,13H,7,16H2,1-3H3,(H,17,20)(H,21,22);9-10H,3-7H2,1-2H3,(H,19,21). The molecule has 0 radical (unpaired) electrons. The molecule has 720 valence electrons. The second-order valence-corrected chi connectivity index (χ2v) is 38.2. The second kappa shape index (κ2) is 47.4. The van der Waals surface area contributed by atoms with Gasteiger partial charge in [0.1, 0.15) is 41.8 Å². The van der Waals surface area contributed by atoms with E-state index in [-0.39, 0.29) is 102 Å². The summed E-state index contributed by atoms with van der Waals surface area (Å²) in [4.78, 5) is 138. The van der Waals surface area contributed by atoms with Crippen LogP contribution in [0.3, 0.4) is 0 Å². The number of carbonyl (C=O) groups excluding carboxylic acids is 9. The molecular formula is C95H119F5N12O18S3. The van der Waals surface area contributed by atoms with Crippen LogP contribution in [0.2, 0.25) is 0 Å². The number of benzene rings is 5. The smallest absolute Gasteiger partial charge is 0.331 e. The lowest BCUT2D eigenvalue weighted by molar-refractivity contribution is -0.313. The zero-order valence-electron chi connectivity index (χ0n) is 76.9. The molecule has 38 heteroatoms. The number of aliphatic carboxylic acids is 2. The van der Waals surface area contributed by atoms with E-state index >= 15 is 0 Å². The van der Waals surface area contributed by atoms with E-state index in [0.717, 1.165) is 77.0 Å². The Morgan fingerprint density at radius 1 is 0.782 bits per heavy atom. The Bertz CT molecular complexity index is 5660. The van der Waals surface area contributed by atoms with Crippen LogP contribution in [-0.2, 0) is 78.3 Å². The molecule has 3 fully saturated rings. The van der Waals surface area contributed by atoms with Gasteiger partial charge in [-0.1, -0.05) is 49.4 Å². The number of rotatable bonds is 37. The summed E-state index contributed by atoms with van der Waals surface area (Å²) in [6.45, 7) is 20.3. The molecule has 4 aliphatic rings. The molecule has 3 aromatic heterocycles. The number of halogens is 5. The Hall–Kier alpha value is -11.6. The van der Waals surface area contributed by atoms with Crippen LogP contribution in [0, 0.1) is 70.0 Å². The third-order valence-corrected chi connectivity index (χ3v) is 27.8. The van der Waals surface area contributed by atoms with Crippen molar-refractivity contribution in [2.75, 3.05) is 50.8 Å². The highest BCUT2D eigenvalue weighted by Gasteiger charge is 2.71. The van der Waals surface area contributed by atoms with Gasteiger partial charge in [-0.15, -0.1) is 11.3 Å². The number of carboxylic acid groups (broad SMARTS) is 2. The number of hydrogen-bond acceptors (Lipinski definition) is 23. The number of aryl methyl sites for hydroxylation is 3. The molecule has 1 aliphatic heterocycles. The maximum Gasteiger partial charge on any atom is 0.331 e. The highest BCUT2D eigenvalue weighted by Crippen LogP contribution is 2.57. The first-order valence-corrected chi connectivity index (χ1v) is 47.0. The van der Waals surface area contributed by atoms with Crippen LogP contribution in [0.25, 0.3) is 10.8 Å². The van der Waals surface area contributed by atoms with Gasteiger partial charge in [-0.2, -0.15) is 34.4 Å². The summed E-state index contributed by atoms with van der Waals surface area (Å²) in [5, 5.41) is 39.5. The van der Waals surface area contributed by atoms with Gasteiger partial charge in [0, 0.05) is 108 Å². The summed E-state index contributed by atoms with van der Waals surface area (Å²) in [6, 6.07) is 28.7. The Balaban J connectivity index is 0.000000208. The summed E-state index contributed by atoms with van der Waals surface area (Å²) in [7, 11) is 0.810. The second-order valence-electron chi connectivity index (χ2n) is 34.2. The number of hydrogen-bond donors (Lipinski definition) is 10. The fourth-order valence-electron chi connectivity index (χ4n) is 15.7. The van der Waals surface area contributed by atoms with E-state index in [0.29, 0.717) is 80.0 Å². The minimum atomic E-state index is -4.12. The molecule has 133 heavy (non-hydrogen) atoms. The number of nitrogens with two attached hydrogens (primary N) is 3. The predicted molar refractivity (Wildman–Crippen MR) is 495 cm³/mol. The SMILES string of the molecule is CC(=O)C1CCC(C)C(NC(=O)c2ccc(CN)nc2C)C1.CC(=O)CC(C)(NC(=O)CC1CC(F)(F)C1(F)F)C1CC1.COc1cc(C(C)NC(=O)C(CN)Cc2ccc(F)cc2C)ccc1OCC(C)=O.COc1cccc(CSCC(NC(=O)CCS(=O)(=O)c2ccc3c4c(cccc24)C(=O)N3C)C(=O)O)c1.Cc1nn(CC(N)C(=O)NC(C(=O)O)c2cccs2)c(C)c1C. The molecule has 12 rings (SSSR count). The number of pyridine rings is 1. The molecule has 30 nitrogen and oxygen atoms in total. The zero-order valence-corrected chi connectivity index (χ0v) is 79.4. The number of Topliss-reactive ketones (excluding diaryl/α,β-unsaturated/α-hetero) is 3. The van der Waals surface area contributed by atoms with Crippen LogP contribution in [0.15, 0.2) is 126 Å². The third-order valence-electron chi connectivity index (χ3n) is 24.0. The number of ketones is 3. The monoisotopic (exact) mass is 1910 g/mol. The summed E-state index contributed by atoms with van der Waals surface area (Å²) >= 11 is 2.60. The number of thioether (sulfide) groups is 1. The van der Waals surface area contributed by atoms with E-state index in [1.165, 1.54) is 67.2 Å². The highest BCUT2D eigenvalue weighted by molar-refractivity contribution is 7.98. The van der Waals surface area contributed by atoms with Crippen molar-refractivity contribution in [3.05, 3.63) is 193 Å². The van der Waals surface area contributed by atoms with Crippen molar-refractivity contribution in [3.8, 4) is 17.2 Å². The van der Waals surface area contributed by atoms with E-state index in [2.05, 4.69) is 43.6 Å². The molecule has 8 aromatic rings. The van der Waals surface area contributed by atoms with Crippen molar-refractivity contribution in [2.45, 2.75) is 212 Å². The largest absolute Gasteiger partial charge is 0.497 e. The van der Waals surface area contributed by atoms with Crippen molar-refractivity contribution >= 4 is 114 Å². The Morgan fingerprint density at radius 3 is 2.07 bits per heavy atom. The van der Waals surface area contributed by atoms with Gasteiger partial charge in [-0.3, -0.25) is 52.8 Å². The molecule has 13 N–H and O–H groups in total. The van der Waals surface area contributed by atoms with Gasteiger partial charge in [0.2, 0.25) is 23.6 Å². The lowest BCUT2D eigenvalue weighted by Gasteiger charge is -2.44. The Morgan fingerprint density at radius 2 is 1.49 bits per heavy atom. The predicted octanol–water partition coefficient (Wildman–Crippen LogP) is 12.3. The van der Waals surface area contributed by atoms with Crippen molar-refractivity contribution in [1.82, 2.24) is 41.3 Å². The number of nitrogens with one attached hydrogen (secondary N) is 5. The molecule has 10 atom stereocenters. The molecule has 5 aromatic carbocycles. The summed E-state index contributed by atoms with van der Waals surface area (Å²) < 4.78 is 109. The van der Waals surface area contributed by atoms with Gasteiger partial charge in [0.05, 0.1) is 71.7 Å². The number of alkyl halides is 4. The molecule has 0 spiro atoms. The Labute approximate surface area is 778 Å². The zero-order chi connectivity index (χ0) is 98.5. The number of sulfone groups is 1. The number of thiophene rings is 1. The lowest BCUT2D eigenvalue weighted by atomic mass is 9.74. The number of amides is 6. The summed E-state index contributed by atoms with van der Waals surface area (Å²) in [6.07, 6.45) is 2.91. The minimum absolute atomic E-state index is 0.0348. The lowest BCUT2D eigenvalue weighted by Crippen LogP contribution is -2.60. The highest BCUT2D eigenvalue weighted by atomic mass is 32.2. The van der Waals surface area contributed by atoms with E-state index < -0.39 is 112 Å². The first kappa shape index (κ1) is 107. The number of ether oxygens (including phenoxy) is 3. The summed E-state index contributed by atoms with van der Waals surface area (Å²) in [5.74, 6) is -12.8. The van der Waals surface area contributed by atoms with E-state index in [9.17, 15) is 93.3 Å². The first-order valence-electron chi connectivity index (χ1n) is 43.3. The molecule has 4 heterocycles. The first-order chi connectivity index (χ1) is 62.6. The van der Waals surface area contributed by atoms with Crippen molar-refractivity contribution in [2.24, 2.45) is 46.8 Å². The van der Waals surface area contributed by atoms with Gasteiger partial charge >= 0.3 is 23.8 Å².